The van der Waals surface area contributed by atoms with Crippen LogP contribution in [0.5, 0.6) is 0 Å². The highest BCUT2D eigenvalue weighted by atomic mass is 16.5. The van der Waals surface area contributed by atoms with E-state index in [0.29, 0.717) is 6.10 Å². The zero-order valence-corrected chi connectivity index (χ0v) is 10.5. The Labute approximate surface area is 102 Å². The van der Waals surface area contributed by atoms with Gasteiger partial charge in [-0.15, -0.1) is 0 Å². The summed E-state index contributed by atoms with van der Waals surface area (Å²) in [5.41, 5.74) is 0. The van der Waals surface area contributed by atoms with Crippen LogP contribution in [0.4, 0.5) is 11.6 Å². The zero-order chi connectivity index (χ0) is 12.1. The molecule has 0 amide bonds. The lowest BCUT2D eigenvalue weighted by molar-refractivity contribution is 0.0525. The third-order valence-corrected chi connectivity index (χ3v) is 2.98. The molecule has 1 aliphatic heterocycles. The number of hydrogen-bond donors (Lipinski definition) is 1. The number of rotatable bonds is 4. The molecule has 94 valence electrons. The molecule has 1 aromatic heterocycles. The Morgan fingerprint density at radius 3 is 3.18 bits per heavy atom. The van der Waals surface area contributed by atoms with Crippen LogP contribution < -0.4 is 10.2 Å². The highest BCUT2D eigenvalue weighted by molar-refractivity contribution is 5.43. The Morgan fingerprint density at radius 1 is 1.53 bits per heavy atom. The Balaban J connectivity index is 2.05. The van der Waals surface area contributed by atoms with Gasteiger partial charge in [0.05, 0.1) is 18.5 Å². The monoisotopic (exact) mass is 236 g/mol. The van der Waals surface area contributed by atoms with Crippen LogP contribution in [0, 0.1) is 0 Å². The normalized spacial score (nSPS) is 20.4. The minimum atomic E-state index is 0.328. The Kier molecular flexibility index (Phi) is 4.14. The van der Waals surface area contributed by atoms with Crippen LogP contribution in [0.15, 0.2) is 12.4 Å². The van der Waals surface area contributed by atoms with E-state index in [9.17, 15) is 0 Å². The summed E-state index contributed by atoms with van der Waals surface area (Å²) in [4.78, 5) is 10.9. The first-order valence-electron chi connectivity index (χ1n) is 6.20. The van der Waals surface area contributed by atoms with Gasteiger partial charge < -0.3 is 15.0 Å². The van der Waals surface area contributed by atoms with Gasteiger partial charge >= 0.3 is 0 Å². The van der Waals surface area contributed by atoms with Gasteiger partial charge in [-0.05, 0) is 19.8 Å². The van der Waals surface area contributed by atoms with E-state index in [1.807, 2.05) is 20.2 Å². The van der Waals surface area contributed by atoms with Gasteiger partial charge in [-0.2, -0.15) is 0 Å². The van der Waals surface area contributed by atoms with Crippen LogP contribution in [0.1, 0.15) is 19.8 Å². The molecule has 5 heteroatoms. The van der Waals surface area contributed by atoms with Gasteiger partial charge in [-0.1, -0.05) is 0 Å². The number of piperidine rings is 1. The Bertz CT molecular complexity index is 356. The first kappa shape index (κ1) is 12.1. The summed E-state index contributed by atoms with van der Waals surface area (Å²) >= 11 is 0. The second-order valence-corrected chi connectivity index (χ2v) is 4.18. The minimum Gasteiger partial charge on any atom is -0.377 e. The standard InChI is InChI=1S/C12H20N4O/c1-3-17-10-5-4-6-16(9-10)12-8-14-7-11(13-2)15-12/h7-8,10H,3-6,9H2,1-2H3,(H,13,15). The molecule has 1 atom stereocenters. The molecule has 0 aliphatic carbocycles. The third kappa shape index (κ3) is 3.06. The van der Waals surface area contributed by atoms with Crippen molar-refractivity contribution in [2.75, 3.05) is 37.0 Å². The third-order valence-electron chi connectivity index (χ3n) is 2.98. The van der Waals surface area contributed by atoms with Crippen molar-refractivity contribution in [3.05, 3.63) is 12.4 Å². The quantitative estimate of drug-likeness (QED) is 0.859. The fourth-order valence-electron chi connectivity index (χ4n) is 2.15. The maximum absolute atomic E-state index is 5.69. The molecule has 0 bridgehead atoms. The van der Waals surface area contributed by atoms with Crippen LogP contribution in [0.3, 0.4) is 0 Å². The molecule has 0 spiro atoms. The molecule has 5 nitrogen and oxygen atoms in total. The van der Waals surface area contributed by atoms with Crippen molar-refractivity contribution in [1.82, 2.24) is 9.97 Å². The van der Waals surface area contributed by atoms with Gasteiger partial charge in [-0.3, -0.25) is 4.98 Å². The molecule has 1 aromatic rings. The van der Waals surface area contributed by atoms with E-state index in [-0.39, 0.29) is 0 Å². The van der Waals surface area contributed by atoms with E-state index in [0.717, 1.165) is 44.2 Å². The van der Waals surface area contributed by atoms with Crippen molar-refractivity contribution in [3.8, 4) is 0 Å². The molecule has 1 N–H and O–H groups in total. The van der Waals surface area contributed by atoms with E-state index in [2.05, 4.69) is 20.2 Å². The van der Waals surface area contributed by atoms with E-state index < -0.39 is 0 Å². The van der Waals surface area contributed by atoms with Crippen LogP contribution in [-0.2, 0) is 4.74 Å². The summed E-state index contributed by atoms with van der Waals surface area (Å²) in [6.07, 6.45) is 6.16. The molecule has 2 rings (SSSR count). The molecule has 0 radical (unpaired) electrons. The topological polar surface area (TPSA) is 50.3 Å². The maximum Gasteiger partial charge on any atom is 0.149 e. The highest BCUT2D eigenvalue weighted by Gasteiger charge is 2.21. The average Bonchev–Trinajstić information content (AvgIpc) is 2.40. The van der Waals surface area contributed by atoms with Crippen molar-refractivity contribution in [2.24, 2.45) is 0 Å². The van der Waals surface area contributed by atoms with Gasteiger partial charge in [0.25, 0.3) is 0 Å². The van der Waals surface area contributed by atoms with E-state index in [4.69, 9.17) is 4.74 Å². The lowest BCUT2D eigenvalue weighted by Gasteiger charge is -2.33. The summed E-state index contributed by atoms with van der Waals surface area (Å²) in [6.45, 7) is 4.77. The number of aromatic nitrogens is 2. The summed E-state index contributed by atoms with van der Waals surface area (Å²) in [6, 6.07) is 0. The number of anilines is 2. The molecule has 0 aromatic carbocycles. The predicted octanol–water partition coefficient (Wildman–Crippen LogP) is 1.52. The van der Waals surface area contributed by atoms with Gasteiger partial charge in [0.1, 0.15) is 11.6 Å². The molecule has 2 heterocycles. The van der Waals surface area contributed by atoms with Crippen molar-refractivity contribution >= 4 is 11.6 Å². The van der Waals surface area contributed by atoms with Crippen LogP contribution in [0.25, 0.3) is 0 Å². The second-order valence-electron chi connectivity index (χ2n) is 4.18. The van der Waals surface area contributed by atoms with Gasteiger partial charge in [0, 0.05) is 26.7 Å². The molecule has 1 saturated heterocycles. The van der Waals surface area contributed by atoms with Gasteiger partial charge in [-0.25, -0.2) is 4.98 Å². The van der Waals surface area contributed by atoms with Crippen LogP contribution >= 0.6 is 0 Å². The van der Waals surface area contributed by atoms with Crippen molar-refractivity contribution in [3.63, 3.8) is 0 Å². The fraction of sp³-hybridized carbons (Fsp3) is 0.667. The van der Waals surface area contributed by atoms with Crippen molar-refractivity contribution in [1.29, 1.82) is 0 Å². The van der Waals surface area contributed by atoms with E-state index in [1.54, 1.807) is 6.20 Å². The van der Waals surface area contributed by atoms with Gasteiger partial charge in [0.15, 0.2) is 0 Å². The average molecular weight is 236 g/mol. The first-order valence-corrected chi connectivity index (χ1v) is 6.20. The largest absolute Gasteiger partial charge is 0.377 e. The molecule has 1 aliphatic rings. The lowest BCUT2D eigenvalue weighted by Crippen LogP contribution is -2.40. The molecule has 17 heavy (non-hydrogen) atoms. The van der Waals surface area contributed by atoms with Crippen molar-refractivity contribution in [2.45, 2.75) is 25.9 Å². The molecular formula is C12H20N4O. The van der Waals surface area contributed by atoms with Crippen LogP contribution in [0.2, 0.25) is 0 Å². The number of nitrogens with one attached hydrogen (secondary N) is 1. The first-order chi connectivity index (χ1) is 8.33. The van der Waals surface area contributed by atoms with E-state index in [1.165, 1.54) is 0 Å². The molecule has 1 fully saturated rings. The second kappa shape index (κ2) is 5.82. The maximum atomic E-state index is 5.69. The van der Waals surface area contributed by atoms with E-state index >= 15 is 0 Å². The lowest BCUT2D eigenvalue weighted by atomic mass is 10.1. The van der Waals surface area contributed by atoms with Gasteiger partial charge in [0.2, 0.25) is 0 Å². The highest BCUT2D eigenvalue weighted by Crippen LogP contribution is 2.19. The number of ether oxygens (including phenoxy) is 1. The SMILES string of the molecule is CCOC1CCCN(c2cncc(NC)n2)C1. The molecular weight excluding hydrogens is 216 g/mol. The molecule has 1 unspecified atom stereocenters. The van der Waals surface area contributed by atoms with Crippen molar-refractivity contribution < 1.29 is 4.74 Å². The zero-order valence-electron chi connectivity index (χ0n) is 10.5. The fourth-order valence-corrected chi connectivity index (χ4v) is 2.15. The summed E-state index contributed by atoms with van der Waals surface area (Å²) in [5, 5.41) is 3.01. The smallest absolute Gasteiger partial charge is 0.149 e. The molecule has 0 saturated carbocycles. The summed E-state index contributed by atoms with van der Waals surface area (Å²) < 4.78 is 5.69. The summed E-state index contributed by atoms with van der Waals surface area (Å²) in [5.74, 6) is 1.74. The minimum absolute atomic E-state index is 0.328. The van der Waals surface area contributed by atoms with Crippen LogP contribution in [-0.4, -0.2) is 42.8 Å². The predicted molar refractivity (Wildman–Crippen MR) is 68.4 cm³/mol. The number of nitrogens with zero attached hydrogens (tertiary/aromatic N) is 3. The number of hydrogen-bond acceptors (Lipinski definition) is 5. The Morgan fingerprint density at radius 2 is 2.41 bits per heavy atom. The Hall–Kier alpha value is -1.36. The summed E-state index contributed by atoms with van der Waals surface area (Å²) in [7, 11) is 1.85.